The van der Waals surface area contributed by atoms with Gasteiger partial charge in [-0.25, -0.2) is 4.68 Å². The van der Waals surface area contributed by atoms with E-state index in [1.807, 2.05) is 18.2 Å². The normalized spacial score (nSPS) is 15.5. The standard InChI is InChI=1S/C24H23N5O2/c30-23-10-9-20(17-5-2-1-3-6-17)27-29(23)16-24(31)28-14-11-19-18(7-4-8-22(19)28)21-15-25-12-13-26-21/h4-5,7-10,12-13,15H,1-3,6,11,14,16H2. The zero-order valence-electron chi connectivity index (χ0n) is 17.2. The Morgan fingerprint density at radius 1 is 1.03 bits per heavy atom. The highest BCUT2D eigenvalue weighted by Gasteiger charge is 2.27. The lowest BCUT2D eigenvalue weighted by atomic mass is 9.97. The van der Waals surface area contributed by atoms with Crippen LogP contribution in [-0.2, 0) is 17.8 Å². The van der Waals surface area contributed by atoms with E-state index < -0.39 is 0 Å². The van der Waals surface area contributed by atoms with Gasteiger partial charge in [-0.1, -0.05) is 18.2 Å². The van der Waals surface area contributed by atoms with Crippen LogP contribution in [0.2, 0.25) is 0 Å². The molecule has 31 heavy (non-hydrogen) atoms. The van der Waals surface area contributed by atoms with Crippen LogP contribution in [0.5, 0.6) is 0 Å². The summed E-state index contributed by atoms with van der Waals surface area (Å²) in [6.45, 7) is 0.500. The van der Waals surface area contributed by atoms with Crippen LogP contribution >= 0.6 is 0 Å². The lowest BCUT2D eigenvalue weighted by Gasteiger charge is -2.19. The number of carbonyl (C=O) groups excluding carboxylic acids is 1. The molecule has 0 fully saturated rings. The largest absolute Gasteiger partial charge is 0.310 e. The molecular weight excluding hydrogens is 390 g/mol. The highest BCUT2D eigenvalue weighted by Crippen LogP contribution is 2.35. The molecule has 0 saturated carbocycles. The van der Waals surface area contributed by atoms with Gasteiger partial charge in [-0.2, -0.15) is 5.10 Å². The third kappa shape index (κ3) is 3.79. The van der Waals surface area contributed by atoms with E-state index in [-0.39, 0.29) is 18.0 Å². The zero-order valence-corrected chi connectivity index (χ0v) is 17.2. The van der Waals surface area contributed by atoms with E-state index in [1.54, 1.807) is 29.6 Å². The Morgan fingerprint density at radius 3 is 2.77 bits per heavy atom. The maximum Gasteiger partial charge on any atom is 0.267 e. The van der Waals surface area contributed by atoms with E-state index in [9.17, 15) is 9.59 Å². The van der Waals surface area contributed by atoms with Gasteiger partial charge in [0.1, 0.15) is 6.54 Å². The first kappa shape index (κ1) is 19.4. The van der Waals surface area contributed by atoms with Gasteiger partial charge in [-0.15, -0.1) is 0 Å². The predicted octanol–water partition coefficient (Wildman–Crippen LogP) is 3.25. The highest BCUT2D eigenvalue weighted by atomic mass is 16.2. The SMILES string of the molecule is O=C(Cn1nc(C2=CCCCC2)ccc1=O)N1CCc2c(-c3cnccn3)cccc21. The average Bonchev–Trinajstić information content (AvgIpc) is 3.26. The predicted molar refractivity (Wildman–Crippen MR) is 118 cm³/mol. The third-order valence-electron chi connectivity index (χ3n) is 5.94. The second kappa shape index (κ2) is 8.26. The average molecular weight is 413 g/mol. The molecule has 3 aromatic rings. The summed E-state index contributed by atoms with van der Waals surface area (Å²) in [4.78, 5) is 35.8. The lowest BCUT2D eigenvalue weighted by molar-refractivity contribution is -0.119. The number of nitrogens with zero attached hydrogens (tertiary/aromatic N) is 5. The van der Waals surface area contributed by atoms with Crippen molar-refractivity contribution < 1.29 is 4.79 Å². The minimum absolute atomic E-state index is 0.0746. The van der Waals surface area contributed by atoms with E-state index in [0.29, 0.717) is 6.54 Å². The fourth-order valence-corrected chi connectivity index (χ4v) is 4.39. The summed E-state index contributed by atoms with van der Waals surface area (Å²) in [5, 5.41) is 4.50. The third-order valence-corrected chi connectivity index (χ3v) is 5.94. The minimum Gasteiger partial charge on any atom is -0.310 e. The Morgan fingerprint density at radius 2 is 1.97 bits per heavy atom. The van der Waals surface area contributed by atoms with Crippen molar-refractivity contribution in [3.05, 3.63) is 76.6 Å². The highest BCUT2D eigenvalue weighted by molar-refractivity contribution is 5.96. The summed E-state index contributed by atoms with van der Waals surface area (Å²) in [6.07, 6.45) is 12.3. The van der Waals surface area contributed by atoms with E-state index in [1.165, 1.54) is 17.2 Å². The molecular formula is C24H23N5O2. The number of anilines is 1. The van der Waals surface area contributed by atoms with Crippen LogP contribution < -0.4 is 10.5 Å². The molecule has 5 rings (SSSR count). The molecule has 2 aromatic heterocycles. The Balaban J connectivity index is 1.41. The van der Waals surface area contributed by atoms with Crippen LogP contribution in [0.1, 0.15) is 36.9 Å². The molecule has 1 aliphatic heterocycles. The van der Waals surface area contributed by atoms with Crippen molar-refractivity contribution in [3.63, 3.8) is 0 Å². The number of rotatable bonds is 4. The number of benzene rings is 1. The van der Waals surface area contributed by atoms with Crippen LogP contribution in [-0.4, -0.2) is 32.2 Å². The first-order valence-corrected chi connectivity index (χ1v) is 10.7. The summed E-state index contributed by atoms with van der Waals surface area (Å²) in [5.41, 5.74) is 5.42. The number of hydrogen-bond acceptors (Lipinski definition) is 5. The van der Waals surface area contributed by atoms with Gasteiger partial charge in [-0.05, 0) is 55.4 Å². The van der Waals surface area contributed by atoms with Crippen molar-refractivity contribution in [1.82, 2.24) is 19.7 Å². The molecule has 2 aliphatic rings. The number of carbonyl (C=O) groups is 1. The first-order valence-electron chi connectivity index (χ1n) is 10.7. The Hall–Kier alpha value is -3.61. The fourth-order valence-electron chi connectivity index (χ4n) is 4.39. The van der Waals surface area contributed by atoms with Gasteiger partial charge in [-0.3, -0.25) is 19.6 Å². The Bertz CT molecular complexity index is 1220. The number of amides is 1. The molecule has 0 atom stereocenters. The molecule has 3 heterocycles. The quantitative estimate of drug-likeness (QED) is 0.656. The van der Waals surface area contributed by atoms with Gasteiger partial charge in [0.2, 0.25) is 5.91 Å². The summed E-state index contributed by atoms with van der Waals surface area (Å²) in [7, 11) is 0. The van der Waals surface area contributed by atoms with Crippen LogP contribution in [0.3, 0.4) is 0 Å². The van der Waals surface area contributed by atoms with Gasteiger partial charge < -0.3 is 4.90 Å². The molecule has 0 saturated heterocycles. The van der Waals surface area contributed by atoms with Crippen LogP contribution in [0.25, 0.3) is 16.8 Å². The molecule has 0 spiro atoms. The number of fused-ring (bicyclic) bond motifs is 1. The maximum atomic E-state index is 13.1. The van der Waals surface area contributed by atoms with Crippen molar-refractivity contribution in [2.75, 3.05) is 11.4 Å². The summed E-state index contributed by atoms with van der Waals surface area (Å²) in [5.74, 6) is -0.139. The second-order valence-corrected chi connectivity index (χ2v) is 7.88. The number of hydrogen-bond donors (Lipinski definition) is 0. The van der Waals surface area contributed by atoms with E-state index >= 15 is 0 Å². The molecule has 7 nitrogen and oxygen atoms in total. The smallest absolute Gasteiger partial charge is 0.267 e. The molecule has 7 heteroatoms. The van der Waals surface area contributed by atoms with Crippen LogP contribution in [0.4, 0.5) is 5.69 Å². The van der Waals surface area contributed by atoms with Crippen LogP contribution in [0, 0.1) is 0 Å². The first-order chi connectivity index (χ1) is 15.2. The Labute approximate surface area is 180 Å². The maximum absolute atomic E-state index is 13.1. The van der Waals surface area contributed by atoms with Crippen LogP contribution in [0.15, 0.2) is 59.8 Å². The van der Waals surface area contributed by atoms with Crippen molar-refractivity contribution in [2.45, 2.75) is 38.6 Å². The minimum atomic E-state index is -0.263. The van der Waals surface area contributed by atoms with Gasteiger partial charge in [0.25, 0.3) is 5.56 Å². The summed E-state index contributed by atoms with van der Waals surface area (Å²) >= 11 is 0. The molecule has 0 N–H and O–H groups in total. The summed E-state index contributed by atoms with van der Waals surface area (Å²) in [6, 6.07) is 9.15. The molecule has 1 aliphatic carbocycles. The molecule has 156 valence electrons. The zero-order chi connectivity index (χ0) is 21.2. The van der Waals surface area contributed by atoms with Crippen molar-refractivity contribution in [3.8, 4) is 11.3 Å². The number of allylic oxidation sites excluding steroid dienone is 2. The van der Waals surface area contributed by atoms with E-state index in [4.69, 9.17) is 0 Å². The molecule has 1 aromatic carbocycles. The number of aromatic nitrogens is 4. The molecule has 0 radical (unpaired) electrons. The van der Waals surface area contributed by atoms with E-state index in [2.05, 4.69) is 21.1 Å². The Kier molecular flexibility index (Phi) is 5.16. The van der Waals surface area contributed by atoms with Gasteiger partial charge >= 0.3 is 0 Å². The van der Waals surface area contributed by atoms with Gasteiger partial charge in [0.15, 0.2) is 0 Å². The topological polar surface area (TPSA) is 81.0 Å². The van der Waals surface area contributed by atoms with Crippen molar-refractivity contribution in [1.29, 1.82) is 0 Å². The second-order valence-electron chi connectivity index (χ2n) is 7.88. The molecule has 0 bridgehead atoms. The fraction of sp³-hybridized carbons (Fsp3) is 0.292. The van der Waals surface area contributed by atoms with Crippen molar-refractivity contribution in [2.24, 2.45) is 0 Å². The monoisotopic (exact) mass is 413 g/mol. The lowest BCUT2D eigenvalue weighted by Crippen LogP contribution is -2.36. The summed E-state index contributed by atoms with van der Waals surface area (Å²) < 4.78 is 1.29. The van der Waals surface area contributed by atoms with Crippen molar-refractivity contribution >= 4 is 17.2 Å². The molecule has 0 unspecified atom stereocenters. The van der Waals surface area contributed by atoms with E-state index in [0.717, 1.165) is 59.5 Å². The van der Waals surface area contributed by atoms with Gasteiger partial charge in [0, 0.05) is 36.3 Å². The molecule has 1 amide bonds. The van der Waals surface area contributed by atoms with Gasteiger partial charge in [0.05, 0.1) is 17.6 Å².